The summed E-state index contributed by atoms with van der Waals surface area (Å²) >= 11 is 1.39. The van der Waals surface area contributed by atoms with Gasteiger partial charge in [-0.15, -0.1) is 11.8 Å². The van der Waals surface area contributed by atoms with Gasteiger partial charge in [-0.25, -0.2) is 4.79 Å². The van der Waals surface area contributed by atoms with E-state index in [2.05, 4.69) is 0 Å². The number of carbonyl (C=O) groups is 3. The fraction of sp³-hybridized carbons (Fsp3) is 0.421. The van der Waals surface area contributed by atoms with Gasteiger partial charge in [0.1, 0.15) is 11.2 Å². The molecule has 2 unspecified atom stereocenters. The van der Waals surface area contributed by atoms with Crippen LogP contribution in [0.1, 0.15) is 26.7 Å². The van der Waals surface area contributed by atoms with Crippen LogP contribution in [0.2, 0.25) is 0 Å². The van der Waals surface area contributed by atoms with Gasteiger partial charge in [0, 0.05) is 41.4 Å². The number of nitrogen functional groups attached to an aromatic ring is 1. The van der Waals surface area contributed by atoms with Crippen LogP contribution in [0.4, 0.5) is 5.69 Å². The standard InChI is InChI=1S/C19H22N2O4S/c1-4-25-17(23)16-11(2)21(3)18(24)19(16)10-12(22)9-15(19)26-14-8-6-5-7-13(14)20/h5-8,15H,4,9-10,20H2,1-3H3. The summed E-state index contributed by atoms with van der Waals surface area (Å²) in [5, 5.41) is -0.397. The molecule has 1 heterocycles. The Labute approximate surface area is 156 Å². The second kappa shape index (κ2) is 6.79. The van der Waals surface area contributed by atoms with Gasteiger partial charge in [-0.05, 0) is 26.0 Å². The first-order valence-corrected chi connectivity index (χ1v) is 9.40. The zero-order valence-electron chi connectivity index (χ0n) is 15.1. The van der Waals surface area contributed by atoms with Gasteiger partial charge in [0.15, 0.2) is 0 Å². The molecule has 0 radical (unpaired) electrons. The summed E-state index contributed by atoms with van der Waals surface area (Å²) in [5.74, 6) is -0.782. The molecule has 6 nitrogen and oxygen atoms in total. The van der Waals surface area contributed by atoms with Gasteiger partial charge >= 0.3 is 5.97 Å². The van der Waals surface area contributed by atoms with Crippen LogP contribution in [0.15, 0.2) is 40.4 Å². The normalized spacial score (nSPS) is 25.5. The molecule has 2 atom stereocenters. The van der Waals surface area contributed by atoms with E-state index >= 15 is 0 Å². The molecule has 0 saturated heterocycles. The lowest BCUT2D eigenvalue weighted by Crippen LogP contribution is -2.42. The first-order valence-electron chi connectivity index (χ1n) is 8.52. The molecule has 1 aliphatic carbocycles. The minimum atomic E-state index is -1.19. The number of nitrogens with two attached hydrogens (primary N) is 1. The predicted octanol–water partition coefficient (Wildman–Crippen LogP) is 2.39. The number of hydrogen-bond acceptors (Lipinski definition) is 6. The Morgan fingerprint density at radius 1 is 1.38 bits per heavy atom. The van der Waals surface area contributed by atoms with Crippen LogP contribution < -0.4 is 5.73 Å². The zero-order valence-corrected chi connectivity index (χ0v) is 15.9. The molecule has 1 spiro atoms. The van der Waals surface area contributed by atoms with E-state index in [0.717, 1.165) is 4.90 Å². The van der Waals surface area contributed by atoms with Crippen molar-refractivity contribution in [1.29, 1.82) is 0 Å². The highest BCUT2D eigenvalue weighted by Crippen LogP contribution is 2.56. The Balaban J connectivity index is 2.08. The Hall–Kier alpha value is -2.28. The van der Waals surface area contributed by atoms with Crippen LogP contribution in [0, 0.1) is 5.41 Å². The number of rotatable bonds is 4. The molecule has 1 fully saturated rings. The van der Waals surface area contributed by atoms with E-state index < -0.39 is 16.6 Å². The van der Waals surface area contributed by atoms with Gasteiger partial charge in [0.25, 0.3) is 0 Å². The van der Waals surface area contributed by atoms with E-state index in [-0.39, 0.29) is 31.1 Å². The number of thioether (sulfide) groups is 1. The lowest BCUT2D eigenvalue weighted by Gasteiger charge is -2.30. The number of ketones is 1. The van der Waals surface area contributed by atoms with Crippen molar-refractivity contribution in [2.24, 2.45) is 5.41 Å². The zero-order chi connectivity index (χ0) is 19.1. The van der Waals surface area contributed by atoms with Gasteiger partial charge in [-0.2, -0.15) is 0 Å². The topological polar surface area (TPSA) is 89.7 Å². The highest BCUT2D eigenvalue weighted by atomic mass is 32.2. The van der Waals surface area contributed by atoms with Crippen molar-refractivity contribution in [3.05, 3.63) is 35.5 Å². The summed E-state index contributed by atoms with van der Waals surface area (Å²) in [4.78, 5) is 40.5. The highest BCUT2D eigenvalue weighted by Gasteiger charge is 2.62. The van der Waals surface area contributed by atoms with Gasteiger partial charge in [0.05, 0.1) is 12.2 Å². The molecule has 7 heteroatoms. The van der Waals surface area contributed by atoms with Gasteiger partial charge in [0.2, 0.25) is 5.91 Å². The summed E-state index contributed by atoms with van der Waals surface area (Å²) in [5.41, 5.74) is 6.31. The number of hydrogen-bond donors (Lipinski definition) is 1. The maximum absolute atomic E-state index is 13.2. The second-order valence-electron chi connectivity index (χ2n) is 6.58. The van der Waals surface area contributed by atoms with Crippen molar-refractivity contribution in [2.45, 2.75) is 36.8 Å². The monoisotopic (exact) mass is 374 g/mol. The number of allylic oxidation sites excluding steroid dienone is 1. The smallest absolute Gasteiger partial charge is 0.336 e. The minimum absolute atomic E-state index is 0.0199. The summed E-state index contributed by atoms with van der Waals surface area (Å²) in [6.07, 6.45) is 0.237. The third-order valence-electron chi connectivity index (χ3n) is 5.10. The molecule has 0 bridgehead atoms. The van der Waals surface area contributed by atoms with Crippen molar-refractivity contribution in [2.75, 3.05) is 19.4 Å². The Morgan fingerprint density at radius 3 is 2.73 bits per heavy atom. The first-order chi connectivity index (χ1) is 12.3. The highest BCUT2D eigenvalue weighted by molar-refractivity contribution is 8.00. The molecule has 1 aliphatic heterocycles. The number of anilines is 1. The predicted molar refractivity (Wildman–Crippen MR) is 99.3 cm³/mol. The van der Waals surface area contributed by atoms with Crippen LogP contribution in [0.5, 0.6) is 0 Å². The quantitative estimate of drug-likeness (QED) is 0.643. The molecule has 2 N–H and O–H groups in total. The van der Waals surface area contributed by atoms with E-state index in [0.29, 0.717) is 17.0 Å². The molecular weight excluding hydrogens is 352 g/mol. The maximum Gasteiger partial charge on any atom is 0.336 e. The van der Waals surface area contributed by atoms with E-state index in [4.69, 9.17) is 10.5 Å². The largest absolute Gasteiger partial charge is 0.463 e. The number of esters is 1. The molecule has 26 heavy (non-hydrogen) atoms. The number of para-hydroxylation sites is 1. The third kappa shape index (κ3) is 2.70. The lowest BCUT2D eigenvalue weighted by atomic mass is 9.78. The fourth-order valence-electron chi connectivity index (χ4n) is 3.81. The number of benzene rings is 1. The SMILES string of the molecule is CCOC(=O)C1=C(C)N(C)C(=O)C12CC(=O)CC2Sc1ccccc1N. The van der Waals surface area contributed by atoms with E-state index in [1.807, 2.05) is 18.2 Å². The van der Waals surface area contributed by atoms with Gasteiger partial charge < -0.3 is 15.4 Å². The summed E-state index contributed by atoms with van der Waals surface area (Å²) in [7, 11) is 1.63. The van der Waals surface area contributed by atoms with Crippen LogP contribution in [-0.2, 0) is 19.1 Å². The summed E-state index contributed by atoms with van der Waals surface area (Å²) < 4.78 is 5.22. The van der Waals surface area contributed by atoms with Gasteiger partial charge in [-0.3, -0.25) is 9.59 Å². The molecule has 3 rings (SSSR count). The molecular formula is C19H22N2O4S. The fourth-order valence-corrected chi connectivity index (χ4v) is 5.25. The van der Waals surface area contributed by atoms with Crippen molar-refractivity contribution in [3.8, 4) is 0 Å². The minimum Gasteiger partial charge on any atom is -0.463 e. The molecule has 1 amide bonds. The Morgan fingerprint density at radius 2 is 2.08 bits per heavy atom. The summed E-state index contributed by atoms with van der Waals surface area (Å²) in [6.45, 7) is 3.65. The Kier molecular flexibility index (Phi) is 4.84. The number of ether oxygens (including phenoxy) is 1. The third-order valence-corrected chi connectivity index (χ3v) is 6.58. The van der Waals surface area contributed by atoms with Crippen LogP contribution in [0.3, 0.4) is 0 Å². The number of carbonyl (C=O) groups excluding carboxylic acids is 3. The second-order valence-corrected chi connectivity index (χ2v) is 7.82. The average Bonchev–Trinajstić information content (AvgIpc) is 3.00. The molecule has 1 aromatic carbocycles. The number of nitrogens with zero attached hydrogens (tertiary/aromatic N) is 1. The van der Waals surface area contributed by atoms with E-state index in [9.17, 15) is 14.4 Å². The molecule has 0 aromatic heterocycles. The number of Topliss-reactive ketones (excluding diaryl/α,β-unsaturated/α-hetero) is 1. The van der Waals surface area contributed by atoms with Crippen LogP contribution in [0.25, 0.3) is 0 Å². The molecule has 138 valence electrons. The molecule has 1 aromatic rings. The first kappa shape index (κ1) is 18.5. The van der Waals surface area contributed by atoms with E-state index in [1.165, 1.54) is 16.7 Å². The van der Waals surface area contributed by atoms with Crippen molar-refractivity contribution < 1.29 is 19.1 Å². The average molecular weight is 374 g/mol. The molecule has 2 aliphatic rings. The van der Waals surface area contributed by atoms with Crippen molar-refractivity contribution in [1.82, 2.24) is 4.90 Å². The summed E-state index contributed by atoms with van der Waals surface area (Å²) in [6, 6.07) is 7.33. The van der Waals surface area contributed by atoms with E-state index in [1.54, 1.807) is 27.0 Å². The van der Waals surface area contributed by atoms with Crippen molar-refractivity contribution in [3.63, 3.8) is 0 Å². The lowest BCUT2D eigenvalue weighted by molar-refractivity contribution is -0.143. The number of amides is 1. The van der Waals surface area contributed by atoms with Crippen LogP contribution in [-0.4, -0.2) is 41.5 Å². The van der Waals surface area contributed by atoms with Crippen LogP contribution >= 0.6 is 11.8 Å². The molecule has 1 saturated carbocycles. The van der Waals surface area contributed by atoms with Gasteiger partial charge in [-0.1, -0.05) is 12.1 Å². The van der Waals surface area contributed by atoms with Crippen molar-refractivity contribution >= 4 is 35.1 Å². The maximum atomic E-state index is 13.2. The Bertz CT molecular complexity index is 820.